The van der Waals surface area contributed by atoms with Crippen LogP contribution in [-0.4, -0.2) is 40.3 Å². The minimum atomic E-state index is -0.406. The van der Waals surface area contributed by atoms with E-state index in [2.05, 4.69) is 15.2 Å². The molecule has 0 bridgehead atoms. The molecule has 8 heteroatoms. The second kappa shape index (κ2) is 6.41. The predicted octanol–water partition coefficient (Wildman–Crippen LogP) is 2.64. The van der Waals surface area contributed by atoms with Gasteiger partial charge >= 0.3 is 12.0 Å². The van der Waals surface area contributed by atoms with Crippen molar-refractivity contribution in [3.05, 3.63) is 35.0 Å². The van der Waals surface area contributed by atoms with Crippen molar-refractivity contribution in [1.82, 2.24) is 14.7 Å². The first-order valence-electron chi connectivity index (χ1n) is 7.31. The largest absolute Gasteiger partial charge is 0.465 e. The van der Waals surface area contributed by atoms with Crippen molar-refractivity contribution in [1.29, 1.82) is 0 Å². The highest BCUT2D eigenvalue weighted by atomic mass is 32.1. The van der Waals surface area contributed by atoms with Gasteiger partial charge in [-0.2, -0.15) is 5.10 Å². The van der Waals surface area contributed by atoms with Crippen LogP contribution in [0.1, 0.15) is 34.8 Å². The van der Waals surface area contributed by atoms with Gasteiger partial charge in [-0.3, -0.25) is 10.00 Å². The number of ether oxygens (including phenoxy) is 1. The second-order valence-electron chi connectivity index (χ2n) is 5.42. The number of hydrogen-bond donors (Lipinski definition) is 1. The second-order valence-corrected chi connectivity index (χ2v) is 6.33. The Labute approximate surface area is 137 Å². The molecule has 0 spiro atoms. The van der Waals surface area contributed by atoms with E-state index in [9.17, 15) is 9.59 Å². The number of amides is 2. The Balaban J connectivity index is 1.70. The van der Waals surface area contributed by atoms with Crippen LogP contribution >= 0.6 is 11.3 Å². The Morgan fingerprint density at radius 3 is 3.00 bits per heavy atom. The molecule has 0 radical (unpaired) electrons. The molecule has 3 heterocycles. The minimum Gasteiger partial charge on any atom is -0.465 e. The number of aromatic nitrogens is 2. The number of methoxy groups -OCH3 is 1. The van der Waals surface area contributed by atoms with Gasteiger partial charge in [-0.25, -0.2) is 9.59 Å². The quantitative estimate of drug-likeness (QED) is 0.876. The van der Waals surface area contributed by atoms with Crippen molar-refractivity contribution in [2.75, 3.05) is 19.0 Å². The van der Waals surface area contributed by atoms with Crippen LogP contribution in [0, 0.1) is 0 Å². The van der Waals surface area contributed by atoms with E-state index in [0.717, 1.165) is 18.4 Å². The van der Waals surface area contributed by atoms with Crippen molar-refractivity contribution in [2.45, 2.75) is 18.9 Å². The third-order valence-corrected chi connectivity index (χ3v) is 4.72. The van der Waals surface area contributed by atoms with Crippen LogP contribution in [0.4, 0.5) is 9.80 Å². The SMILES string of the molecule is COC(=O)c1csc(NC(=O)N2CCCC2c2cnn(C)c2)c1. The van der Waals surface area contributed by atoms with Crippen molar-refractivity contribution in [3.8, 4) is 0 Å². The van der Waals surface area contributed by atoms with Gasteiger partial charge in [0.05, 0.1) is 29.9 Å². The number of aryl methyl sites for hydroxylation is 1. The number of esters is 1. The van der Waals surface area contributed by atoms with Gasteiger partial charge in [-0.15, -0.1) is 11.3 Å². The topological polar surface area (TPSA) is 76.5 Å². The van der Waals surface area contributed by atoms with Gasteiger partial charge in [0.1, 0.15) is 0 Å². The predicted molar refractivity (Wildman–Crippen MR) is 86.6 cm³/mol. The van der Waals surface area contributed by atoms with Gasteiger partial charge in [0, 0.05) is 30.7 Å². The Kier molecular flexibility index (Phi) is 4.33. The molecule has 122 valence electrons. The molecular formula is C15H18N4O3S. The smallest absolute Gasteiger partial charge is 0.338 e. The van der Waals surface area contributed by atoms with Crippen LogP contribution in [-0.2, 0) is 11.8 Å². The summed E-state index contributed by atoms with van der Waals surface area (Å²) in [6.07, 6.45) is 5.63. The molecule has 1 atom stereocenters. The zero-order valence-electron chi connectivity index (χ0n) is 13.0. The highest BCUT2D eigenvalue weighted by Crippen LogP contribution is 2.32. The van der Waals surface area contributed by atoms with Crippen LogP contribution in [0.2, 0.25) is 0 Å². The van der Waals surface area contributed by atoms with Gasteiger partial charge in [0.2, 0.25) is 0 Å². The summed E-state index contributed by atoms with van der Waals surface area (Å²) >= 11 is 1.31. The minimum absolute atomic E-state index is 0.0451. The monoisotopic (exact) mass is 334 g/mol. The number of urea groups is 1. The third kappa shape index (κ3) is 3.21. The van der Waals surface area contributed by atoms with Crippen LogP contribution in [0.25, 0.3) is 0 Å². The molecule has 1 aliphatic rings. The number of carbonyl (C=O) groups is 2. The average Bonchev–Trinajstić information content (AvgIpc) is 3.25. The summed E-state index contributed by atoms with van der Waals surface area (Å²) in [6.45, 7) is 0.709. The Morgan fingerprint density at radius 1 is 1.48 bits per heavy atom. The lowest BCUT2D eigenvalue weighted by Crippen LogP contribution is -2.34. The van der Waals surface area contributed by atoms with Gasteiger partial charge in [-0.05, 0) is 18.9 Å². The fourth-order valence-corrected chi connectivity index (χ4v) is 3.53. The fraction of sp³-hybridized carbons (Fsp3) is 0.400. The third-order valence-electron chi connectivity index (χ3n) is 3.87. The standard InChI is InChI=1S/C15H18N4O3S/c1-18-8-11(7-16-18)12-4-3-5-19(12)15(21)17-13-6-10(9-23-13)14(20)22-2/h6-9,12H,3-5H2,1-2H3,(H,17,21). The van der Waals surface area contributed by atoms with E-state index in [0.29, 0.717) is 17.1 Å². The maximum Gasteiger partial charge on any atom is 0.338 e. The highest BCUT2D eigenvalue weighted by molar-refractivity contribution is 7.14. The summed E-state index contributed by atoms with van der Waals surface area (Å²) in [5.41, 5.74) is 1.49. The van der Waals surface area contributed by atoms with E-state index in [1.54, 1.807) is 22.3 Å². The van der Waals surface area contributed by atoms with Gasteiger partial charge in [0.25, 0.3) is 0 Å². The molecule has 1 aliphatic heterocycles. The van der Waals surface area contributed by atoms with E-state index in [1.807, 2.05) is 18.1 Å². The number of anilines is 1. The number of nitrogens with one attached hydrogen (secondary N) is 1. The first kappa shape index (κ1) is 15.5. The van der Waals surface area contributed by atoms with Gasteiger partial charge in [0.15, 0.2) is 0 Å². The van der Waals surface area contributed by atoms with E-state index in [4.69, 9.17) is 0 Å². The lowest BCUT2D eigenvalue weighted by molar-refractivity contribution is 0.0601. The fourth-order valence-electron chi connectivity index (χ4n) is 2.77. The summed E-state index contributed by atoms with van der Waals surface area (Å²) in [5, 5.41) is 9.34. The molecule has 2 aromatic heterocycles. The summed E-state index contributed by atoms with van der Waals surface area (Å²) in [6, 6.07) is 1.52. The highest BCUT2D eigenvalue weighted by Gasteiger charge is 2.31. The van der Waals surface area contributed by atoms with Crippen molar-refractivity contribution in [3.63, 3.8) is 0 Å². The Bertz CT molecular complexity index is 724. The summed E-state index contributed by atoms with van der Waals surface area (Å²) < 4.78 is 6.41. The number of thiophene rings is 1. The first-order chi connectivity index (χ1) is 11.1. The molecule has 0 saturated carbocycles. The van der Waals surface area contributed by atoms with Crippen molar-refractivity contribution in [2.24, 2.45) is 7.05 Å². The Hall–Kier alpha value is -2.35. The molecular weight excluding hydrogens is 316 g/mol. The lowest BCUT2D eigenvalue weighted by Gasteiger charge is -2.23. The summed E-state index contributed by atoms with van der Waals surface area (Å²) in [7, 11) is 3.20. The van der Waals surface area contributed by atoms with Crippen LogP contribution in [0.15, 0.2) is 23.8 Å². The molecule has 1 N–H and O–H groups in total. The van der Waals surface area contributed by atoms with Crippen LogP contribution in [0.3, 0.4) is 0 Å². The molecule has 0 aromatic carbocycles. The van der Waals surface area contributed by atoms with Gasteiger partial charge < -0.3 is 9.64 Å². The molecule has 2 aromatic rings. The molecule has 7 nitrogen and oxygen atoms in total. The molecule has 3 rings (SSSR count). The molecule has 2 amide bonds. The number of rotatable bonds is 3. The average molecular weight is 334 g/mol. The molecule has 1 saturated heterocycles. The maximum absolute atomic E-state index is 12.5. The summed E-state index contributed by atoms with van der Waals surface area (Å²) in [4.78, 5) is 25.8. The summed E-state index contributed by atoms with van der Waals surface area (Å²) in [5.74, 6) is -0.406. The maximum atomic E-state index is 12.5. The number of likely N-dealkylation sites (tertiary alicyclic amines) is 1. The molecule has 1 fully saturated rings. The molecule has 23 heavy (non-hydrogen) atoms. The van der Waals surface area contributed by atoms with Gasteiger partial charge in [-0.1, -0.05) is 0 Å². The van der Waals surface area contributed by atoms with E-state index in [-0.39, 0.29) is 12.1 Å². The zero-order valence-corrected chi connectivity index (χ0v) is 13.8. The van der Waals surface area contributed by atoms with E-state index in [1.165, 1.54) is 18.4 Å². The molecule has 1 unspecified atom stereocenters. The number of carbonyl (C=O) groups excluding carboxylic acids is 2. The lowest BCUT2D eigenvalue weighted by atomic mass is 10.1. The van der Waals surface area contributed by atoms with Crippen molar-refractivity contribution < 1.29 is 14.3 Å². The molecule has 0 aliphatic carbocycles. The number of nitrogens with zero attached hydrogens (tertiary/aromatic N) is 3. The van der Waals surface area contributed by atoms with E-state index >= 15 is 0 Å². The van der Waals surface area contributed by atoms with E-state index < -0.39 is 5.97 Å². The first-order valence-corrected chi connectivity index (χ1v) is 8.19. The number of hydrogen-bond acceptors (Lipinski definition) is 5. The van der Waals surface area contributed by atoms with Crippen LogP contribution < -0.4 is 5.32 Å². The van der Waals surface area contributed by atoms with Crippen LogP contribution in [0.5, 0.6) is 0 Å². The normalized spacial score (nSPS) is 17.3. The van der Waals surface area contributed by atoms with Crippen molar-refractivity contribution >= 4 is 28.3 Å². The zero-order chi connectivity index (χ0) is 16.4. The Morgan fingerprint density at radius 2 is 2.30 bits per heavy atom.